The summed E-state index contributed by atoms with van der Waals surface area (Å²) in [4.78, 5) is 4.92. The van der Waals surface area contributed by atoms with Gasteiger partial charge >= 0.3 is 0 Å². The van der Waals surface area contributed by atoms with Crippen molar-refractivity contribution in [3.8, 4) is 11.5 Å². The number of hydrogen-bond acceptors (Lipinski definition) is 5. The number of aryl methyl sites for hydroxylation is 2. The lowest BCUT2D eigenvalue weighted by atomic mass is 9.97. The van der Waals surface area contributed by atoms with E-state index >= 15 is 0 Å². The van der Waals surface area contributed by atoms with E-state index in [9.17, 15) is 8.42 Å². The summed E-state index contributed by atoms with van der Waals surface area (Å²) in [6.45, 7) is 4.86. The highest BCUT2D eigenvalue weighted by molar-refractivity contribution is 7.89. The normalized spacial score (nSPS) is 16.4. The van der Waals surface area contributed by atoms with E-state index in [-0.39, 0.29) is 5.92 Å². The molecule has 0 atom stereocenters. The van der Waals surface area contributed by atoms with E-state index in [1.165, 1.54) is 0 Å². The maximum atomic E-state index is 12.8. The van der Waals surface area contributed by atoms with Gasteiger partial charge in [0.2, 0.25) is 10.0 Å². The highest BCUT2D eigenvalue weighted by Crippen LogP contribution is 2.31. The van der Waals surface area contributed by atoms with E-state index in [1.807, 2.05) is 50.2 Å². The van der Waals surface area contributed by atoms with Crippen LogP contribution in [0, 0.1) is 13.8 Å². The molecule has 0 bridgehead atoms. The van der Waals surface area contributed by atoms with Crippen molar-refractivity contribution < 1.29 is 12.9 Å². The van der Waals surface area contributed by atoms with Crippen molar-refractivity contribution in [3.05, 3.63) is 65.5 Å². The third-order valence-corrected chi connectivity index (χ3v) is 7.21. The van der Waals surface area contributed by atoms with Gasteiger partial charge in [0, 0.05) is 24.6 Å². The molecule has 3 aromatic rings. The molecule has 0 amide bonds. The number of hydrogen-bond donors (Lipinski definition) is 0. The van der Waals surface area contributed by atoms with E-state index in [1.54, 1.807) is 16.4 Å². The summed E-state index contributed by atoms with van der Waals surface area (Å²) in [6, 6.07) is 14.9. The zero-order valence-electron chi connectivity index (χ0n) is 16.0. The first kappa shape index (κ1) is 18.8. The predicted molar refractivity (Wildman–Crippen MR) is 106 cm³/mol. The summed E-state index contributed by atoms with van der Waals surface area (Å²) in [5.74, 6) is 1.28. The number of benzene rings is 2. The number of aromatic nitrogens is 2. The van der Waals surface area contributed by atoms with Crippen LogP contribution in [0.2, 0.25) is 0 Å². The summed E-state index contributed by atoms with van der Waals surface area (Å²) in [5.41, 5.74) is 3.05. The first-order chi connectivity index (χ1) is 13.4. The number of nitrogens with zero attached hydrogens (tertiary/aromatic N) is 3. The zero-order valence-corrected chi connectivity index (χ0v) is 16.8. The van der Waals surface area contributed by atoms with Gasteiger partial charge in [-0.15, -0.1) is 0 Å². The molecule has 2 heterocycles. The molecule has 0 aliphatic carbocycles. The highest BCUT2D eigenvalue weighted by Gasteiger charge is 2.31. The fourth-order valence-electron chi connectivity index (χ4n) is 3.54. The van der Waals surface area contributed by atoms with Crippen molar-refractivity contribution in [2.45, 2.75) is 37.5 Å². The Hall–Kier alpha value is -2.51. The van der Waals surface area contributed by atoms with E-state index in [0.29, 0.717) is 42.5 Å². The second-order valence-corrected chi connectivity index (χ2v) is 9.20. The molecular weight excluding hydrogens is 374 g/mol. The Balaban J connectivity index is 1.46. The first-order valence-corrected chi connectivity index (χ1v) is 10.9. The Morgan fingerprint density at radius 2 is 1.68 bits per heavy atom. The third-order valence-electron chi connectivity index (χ3n) is 5.30. The number of rotatable bonds is 4. The van der Waals surface area contributed by atoms with E-state index < -0.39 is 10.0 Å². The summed E-state index contributed by atoms with van der Waals surface area (Å²) in [6.07, 6.45) is 1.36. The Morgan fingerprint density at radius 3 is 2.36 bits per heavy atom. The lowest BCUT2D eigenvalue weighted by Crippen LogP contribution is -2.38. The molecule has 6 nitrogen and oxygen atoms in total. The van der Waals surface area contributed by atoms with E-state index in [4.69, 9.17) is 4.52 Å². The van der Waals surface area contributed by atoms with Crippen molar-refractivity contribution in [1.82, 2.24) is 14.4 Å². The van der Waals surface area contributed by atoms with Gasteiger partial charge in [0.1, 0.15) is 0 Å². The maximum Gasteiger partial charge on any atom is 0.258 e. The molecule has 1 saturated heterocycles. The quantitative estimate of drug-likeness (QED) is 0.667. The first-order valence-electron chi connectivity index (χ1n) is 9.41. The van der Waals surface area contributed by atoms with Crippen molar-refractivity contribution in [2.24, 2.45) is 0 Å². The summed E-state index contributed by atoms with van der Waals surface area (Å²) >= 11 is 0. The van der Waals surface area contributed by atoms with Crippen LogP contribution in [-0.4, -0.2) is 36.0 Å². The van der Waals surface area contributed by atoms with Crippen LogP contribution in [-0.2, 0) is 10.0 Å². The van der Waals surface area contributed by atoms with Crippen LogP contribution < -0.4 is 0 Å². The summed E-state index contributed by atoms with van der Waals surface area (Å²) in [7, 11) is -3.46. The molecule has 2 aromatic carbocycles. The molecule has 0 spiro atoms. The van der Waals surface area contributed by atoms with Crippen LogP contribution in [0.5, 0.6) is 0 Å². The molecule has 1 aliphatic rings. The molecule has 1 aliphatic heterocycles. The molecule has 0 N–H and O–H groups in total. The van der Waals surface area contributed by atoms with E-state index in [0.717, 1.165) is 16.7 Å². The fraction of sp³-hybridized carbons (Fsp3) is 0.333. The Labute approximate surface area is 165 Å². The molecule has 1 aromatic heterocycles. The van der Waals surface area contributed by atoms with Gasteiger partial charge < -0.3 is 4.52 Å². The van der Waals surface area contributed by atoms with Gasteiger partial charge in [-0.2, -0.15) is 9.29 Å². The van der Waals surface area contributed by atoms with E-state index in [2.05, 4.69) is 10.1 Å². The largest absolute Gasteiger partial charge is 0.334 e. The van der Waals surface area contributed by atoms with Gasteiger partial charge in [-0.25, -0.2) is 8.42 Å². The minimum atomic E-state index is -3.46. The molecule has 28 heavy (non-hydrogen) atoms. The smallest absolute Gasteiger partial charge is 0.258 e. The summed E-state index contributed by atoms with van der Waals surface area (Å²) in [5, 5.41) is 4.16. The Kier molecular flexibility index (Phi) is 5.03. The number of piperidine rings is 1. The van der Waals surface area contributed by atoms with Crippen LogP contribution in [0.4, 0.5) is 0 Å². The molecule has 146 valence electrons. The van der Waals surface area contributed by atoms with Crippen LogP contribution in [0.25, 0.3) is 11.5 Å². The van der Waals surface area contributed by atoms with Crippen LogP contribution >= 0.6 is 0 Å². The Morgan fingerprint density at radius 1 is 1.00 bits per heavy atom. The minimum absolute atomic E-state index is 0.103. The zero-order chi connectivity index (χ0) is 19.7. The average Bonchev–Trinajstić information content (AvgIpc) is 3.19. The lowest BCUT2D eigenvalue weighted by molar-refractivity contribution is 0.307. The van der Waals surface area contributed by atoms with Crippen molar-refractivity contribution in [1.29, 1.82) is 0 Å². The topological polar surface area (TPSA) is 76.3 Å². The van der Waals surface area contributed by atoms with Crippen LogP contribution in [0.15, 0.2) is 57.9 Å². The average molecular weight is 398 g/mol. The molecular formula is C21H23N3O3S. The molecule has 1 fully saturated rings. The molecule has 0 radical (unpaired) electrons. The standard InChI is InChI=1S/C21H23N3O3S/c1-15-7-9-18(10-8-15)28(25,26)24-13-11-17(12-14-24)20-22-21(27-23-20)19-6-4-3-5-16(19)2/h3-10,17H,11-14H2,1-2H3. The molecule has 4 rings (SSSR count). The SMILES string of the molecule is Cc1ccc(S(=O)(=O)N2CCC(c3noc(-c4ccccc4C)n3)CC2)cc1. The summed E-state index contributed by atoms with van der Waals surface area (Å²) < 4.78 is 32.7. The van der Waals surface area contributed by atoms with Gasteiger partial charge in [-0.05, 0) is 50.5 Å². The molecule has 7 heteroatoms. The van der Waals surface area contributed by atoms with Gasteiger partial charge in [-0.1, -0.05) is 41.1 Å². The molecule has 0 saturated carbocycles. The second kappa shape index (κ2) is 7.48. The maximum absolute atomic E-state index is 12.8. The van der Waals surface area contributed by atoms with Crippen LogP contribution in [0.3, 0.4) is 0 Å². The number of sulfonamides is 1. The van der Waals surface area contributed by atoms with Gasteiger partial charge in [0.05, 0.1) is 4.90 Å². The van der Waals surface area contributed by atoms with Crippen molar-refractivity contribution in [2.75, 3.05) is 13.1 Å². The molecule has 0 unspecified atom stereocenters. The third kappa shape index (κ3) is 3.59. The lowest BCUT2D eigenvalue weighted by Gasteiger charge is -2.29. The van der Waals surface area contributed by atoms with Gasteiger partial charge in [0.25, 0.3) is 5.89 Å². The fourth-order valence-corrected chi connectivity index (χ4v) is 5.01. The predicted octanol–water partition coefficient (Wildman–Crippen LogP) is 3.92. The van der Waals surface area contributed by atoms with Crippen molar-refractivity contribution >= 4 is 10.0 Å². The minimum Gasteiger partial charge on any atom is -0.334 e. The Bertz CT molecular complexity index is 1070. The van der Waals surface area contributed by atoms with Crippen molar-refractivity contribution in [3.63, 3.8) is 0 Å². The van der Waals surface area contributed by atoms with Gasteiger partial charge in [-0.3, -0.25) is 0 Å². The highest BCUT2D eigenvalue weighted by atomic mass is 32.2. The second-order valence-electron chi connectivity index (χ2n) is 7.26. The van der Waals surface area contributed by atoms with Gasteiger partial charge in [0.15, 0.2) is 5.82 Å². The monoisotopic (exact) mass is 397 g/mol. The van der Waals surface area contributed by atoms with Crippen LogP contribution in [0.1, 0.15) is 35.7 Å².